The molecule has 0 atom stereocenters. The number of hydrogen-bond donors (Lipinski definition) is 0. The summed E-state index contributed by atoms with van der Waals surface area (Å²) >= 11 is 0. The molecule has 0 radical (unpaired) electrons. The lowest BCUT2D eigenvalue weighted by Gasteiger charge is -2.24. The van der Waals surface area contributed by atoms with Gasteiger partial charge in [-0.25, -0.2) is 4.98 Å². The fourth-order valence-electron chi connectivity index (χ4n) is 9.30. The normalized spacial score (nSPS) is 13.0. The van der Waals surface area contributed by atoms with E-state index in [1.807, 2.05) is 0 Å². The number of para-hydroxylation sites is 3. The van der Waals surface area contributed by atoms with Gasteiger partial charge in [0.25, 0.3) is 0 Å². The summed E-state index contributed by atoms with van der Waals surface area (Å²) in [5.74, 6) is 0.935. The molecule has 0 spiro atoms. The Morgan fingerprint density at radius 3 is 1.61 bits per heavy atom. The Kier molecular flexibility index (Phi) is 7.24. The van der Waals surface area contributed by atoms with Crippen LogP contribution in [-0.2, 0) is 5.41 Å². The van der Waals surface area contributed by atoms with Gasteiger partial charge in [0.15, 0.2) is 0 Å². The molecule has 0 N–H and O–H groups in total. The molecule has 0 amide bonds. The molecule has 1 aromatic heterocycles. The lowest BCUT2D eigenvalue weighted by Crippen LogP contribution is -2.14. The van der Waals surface area contributed by atoms with Crippen LogP contribution in [0, 0.1) is 0 Å². The van der Waals surface area contributed by atoms with Gasteiger partial charge in [-0.15, -0.1) is 0 Å². The van der Waals surface area contributed by atoms with Crippen LogP contribution in [0.15, 0.2) is 194 Å². The van der Waals surface area contributed by atoms with E-state index in [1.165, 1.54) is 77.2 Å². The molecule has 0 bridgehead atoms. The second-order valence-electron chi connectivity index (χ2n) is 15.5. The molecule has 264 valence electrons. The molecule has 1 heterocycles. The molecular weight excluding hydrogens is 677 g/mol. The Morgan fingerprint density at radius 2 is 0.911 bits per heavy atom. The SMILES string of the molecule is CC1(C)c2ccccc2-c2cc3c(-c4ccc(-c5nc6ccccc6n5-c5ccccc5)cc4)c4ccccc4c(-c4ccc(-c5ccccc5)cc4)c3cc21. The van der Waals surface area contributed by atoms with Gasteiger partial charge >= 0.3 is 0 Å². The zero-order valence-electron chi connectivity index (χ0n) is 31.4. The van der Waals surface area contributed by atoms with Crippen molar-refractivity contribution in [1.82, 2.24) is 9.55 Å². The van der Waals surface area contributed by atoms with Gasteiger partial charge < -0.3 is 0 Å². The van der Waals surface area contributed by atoms with Crippen LogP contribution in [0.2, 0.25) is 0 Å². The fraction of sp³-hybridized carbons (Fsp3) is 0.0556. The van der Waals surface area contributed by atoms with Crippen molar-refractivity contribution in [2.75, 3.05) is 0 Å². The van der Waals surface area contributed by atoms with E-state index < -0.39 is 0 Å². The summed E-state index contributed by atoms with van der Waals surface area (Å²) < 4.78 is 2.27. The lowest BCUT2D eigenvalue weighted by atomic mass is 9.79. The summed E-state index contributed by atoms with van der Waals surface area (Å²) in [6.07, 6.45) is 0. The number of hydrogen-bond acceptors (Lipinski definition) is 1. The van der Waals surface area contributed by atoms with E-state index in [1.54, 1.807) is 0 Å². The molecule has 9 aromatic carbocycles. The predicted molar refractivity (Wildman–Crippen MR) is 235 cm³/mol. The molecule has 0 saturated carbocycles. The summed E-state index contributed by atoms with van der Waals surface area (Å²) in [4.78, 5) is 5.17. The van der Waals surface area contributed by atoms with E-state index in [4.69, 9.17) is 4.98 Å². The highest BCUT2D eigenvalue weighted by molar-refractivity contribution is 6.22. The van der Waals surface area contributed by atoms with Crippen molar-refractivity contribution in [3.8, 4) is 61.6 Å². The predicted octanol–water partition coefficient (Wildman–Crippen LogP) is 14.3. The first-order valence-corrected chi connectivity index (χ1v) is 19.5. The topological polar surface area (TPSA) is 17.8 Å². The minimum Gasteiger partial charge on any atom is -0.292 e. The van der Waals surface area contributed by atoms with E-state index in [0.717, 1.165) is 28.1 Å². The first-order valence-electron chi connectivity index (χ1n) is 19.5. The molecule has 2 nitrogen and oxygen atoms in total. The molecule has 0 aliphatic heterocycles. The first kappa shape index (κ1) is 32.4. The van der Waals surface area contributed by atoms with E-state index in [-0.39, 0.29) is 5.41 Å². The maximum absolute atomic E-state index is 5.17. The smallest absolute Gasteiger partial charge is 0.145 e. The van der Waals surface area contributed by atoms with Crippen molar-refractivity contribution in [3.05, 3.63) is 205 Å². The zero-order valence-corrected chi connectivity index (χ0v) is 31.4. The molecule has 10 aromatic rings. The Morgan fingerprint density at radius 1 is 0.393 bits per heavy atom. The third-order valence-corrected chi connectivity index (χ3v) is 12.0. The minimum absolute atomic E-state index is 0.119. The second kappa shape index (κ2) is 12.5. The van der Waals surface area contributed by atoms with Crippen LogP contribution in [-0.4, -0.2) is 9.55 Å². The minimum atomic E-state index is -0.119. The van der Waals surface area contributed by atoms with Gasteiger partial charge in [-0.3, -0.25) is 4.57 Å². The van der Waals surface area contributed by atoms with Crippen LogP contribution in [0.4, 0.5) is 0 Å². The molecule has 1 aliphatic rings. The van der Waals surface area contributed by atoms with E-state index in [0.29, 0.717) is 0 Å². The van der Waals surface area contributed by atoms with Crippen LogP contribution >= 0.6 is 0 Å². The molecule has 11 rings (SSSR count). The van der Waals surface area contributed by atoms with Crippen molar-refractivity contribution in [3.63, 3.8) is 0 Å². The number of nitrogens with zero attached hydrogens (tertiary/aromatic N) is 2. The average Bonchev–Trinajstić information content (AvgIpc) is 3.75. The van der Waals surface area contributed by atoms with Crippen LogP contribution in [0.1, 0.15) is 25.0 Å². The van der Waals surface area contributed by atoms with Crippen molar-refractivity contribution in [1.29, 1.82) is 0 Å². The van der Waals surface area contributed by atoms with Gasteiger partial charge in [0, 0.05) is 16.7 Å². The van der Waals surface area contributed by atoms with Gasteiger partial charge in [-0.2, -0.15) is 0 Å². The van der Waals surface area contributed by atoms with E-state index >= 15 is 0 Å². The zero-order chi connectivity index (χ0) is 37.4. The molecule has 0 unspecified atom stereocenters. The number of aromatic nitrogens is 2. The summed E-state index contributed by atoms with van der Waals surface area (Å²) in [5.41, 5.74) is 17.0. The number of benzene rings is 9. The molecule has 0 saturated heterocycles. The molecular formula is C54H38N2. The van der Waals surface area contributed by atoms with E-state index in [2.05, 4.69) is 213 Å². The molecule has 0 fully saturated rings. The second-order valence-corrected chi connectivity index (χ2v) is 15.5. The summed E-state index contributed by atoms with van der Waals surface area (Å²) in [6.45, 7) is 4.75. The molecule has 2 heteroatoms. The molecule has 1 aliphatic carbocycles. The number of rotatable bonds is 5. The van der Waals surface area contributed by atoms with Gasteiger partial charge in [0.2, 0.25) is 0 Å². The average molecular weight is 715 g/mol. The number of imidazole rings is 1. The highest BCUT2D eigenvalue weighted by Crippen LogP contribution is 2.53. The van der Waals surface area contributed by atoms with Crippen molar-refractivity contribution >= 4 is 32.6 Å². The van der Waals surface area contributed by atoms with E-state index in [9.17, 15) is 0 Å². The highest BCUT2D eigenvalue weighted by atomic mass is 15.1. The molecule has 56 heavy (non-hydrogen) atoms. The third-order valence-electron chi connectivity index (χ3n) is 12.0. The monoisotopic (exact) mass is 714 g/mol. The quantitative estimate of drug-likeness (QED) is 0.162. The maximum atomic E-state index is 5.17. The van der Waals surface area contributed by atoms with Gasteiger partial charge in [-0.05, 0) is 114 Å². The lowest BCUT2D eigenvalue weighted by molar-refractivity contribution is 0.661. The Balaban J connectivity index is 1.16. The fourth-order valence-corrected chi connectivity index (χ4v) is 9.30. The Labute approximate surface area is 327 Å². The van der Waals surface area contributed by atoms with Crippen molar-refractivity contribution < 1.29 is 0 Å². The Hall–Kier alpha value is -7.03. The van der Waals surface area contributed by atoms with Crippen molar-refractivity contribution in [2.45, 2.75) is 19.3 Å². The maximum Gasteiger partial charge on any atom is 0.145 e. The van der Waals surface area contributed by atoms with Crippen molar-refractivity contribution in [2.24, 2.45) is 0 Å². The standard InChI is InChI=1S/C54H38N2/c1-54(2)47-22-12-11-19-41(47)44-33-45-46(34-48(44)54)52(37-27-25-36(26-28-37)35-15-5-3-6-16-35)43-21-10-9-20-42(43)51(45)38-29-31-39(32-30-38)53-55-49-23-13-14-24-50(49)56(53)40-17-7-4-8-18-40/h3-34H,1-2H3. The first-order chi connectivity index (χ1) is 27.5. The number of fused-ring (bicyclic) bond motifs is 6. The summed E-state index contributed by atoms with van der Waals surface area (Å²) in [6, 6.07) is 70.8. The van der Waals surface area contributed by atoms with Gasteiger partial charge in [0.1, 0.15) is 5.82 Å². The van der Waals surface area contributed by atoms with Crippen LogP contribution in [0.5, 0.6) is 0 Å². The largest absolute Gasteiger partial charge is 0.292 e. The summed E-state index contributed by atoms with van der Waals surface area (Å²) in [5, 5.41) is 5.05. The highest BCUT2D eigenvalue weighted by Gasteiger charge is 2.36. The summed E-state index contributed by atoms with van der Waals surface area (Å²) in [7, 11) is 0. The Bertz CT molecular complexity index is 3120. The van der Waals surface area contributed by atoms with Gasteiger partial charge in [-0.1, -0.05) is 172 Å². The van der Waals surface area contributed by atoms with Crippen LogP contribution in [0.25, 0.3) is 94.2 Å². The third kappa shape index (κ3) is 4.92. The van der Waals surface area contributed by atoms with Gasteiger partial charge in [0.05, 0.1) is 11.0 Å². The van der Waals surface area contributed by atoms with Crippen LogP contribution in [0.3, 0.4) is 0 Å². The van der Waals surface area contributed by atoms with Crippen LogP contribution < -0.4 is 0 Å².